The minimum atomic E-state index is -0.443. The molecule has 0 atom stereocenters. The first kappa shape index (κ1) is 17.7. The summed E-state index contributed by atoms with van der Waals surface area (Å²) in [6.45, 7) is 10.0. The van der Waals surface area contributed by atoms with Crippen molar-refractivity contribution in [2.75, 3.05) is 38.5 Å². The predicted molar refractivity (Wildman–Crippen MR) is 88.4 cm³/mol. The highest BCUT2D eigenvalue weighted by Gasteiger charge is 2.22. The number of ether oxygens (including phenoxy) is 1. The number of nitrogens with zero attached hydrogens (tertiary/aromatic N) is 2. The van der Waals surface area contributed by atoms with Gasteiger partial charge in [-0.1, -0.05) is 6.07 Å². The molecular weight excluding hydrogens is 297 g/mol. The minimum Gasteiger partial charge on any atom is -0.459 e. The Morgan fingerprint density at radius 3 is 2.39 bits per heavy atom. The highest BCUT2D eigenvalue weighted by molar-refractivity contribution is 5.72. The largest absolute Gasteiger partial charge is 0.459 e. The topological polar surface area (TPSA) is 58.8 Å². The molecule has 128 valence electrons. The monoisotopic (exact) mass is 323 g/mol. The van der Waals surface area contributed by atoms with Gasteiger partial charge in [-0.15, -0.1) is 0 Å². The Bertz CT molecular complexity index is 549. The maximum atomic E-state index is 13.2. The maximum Gasteiger partial charge on any atom is 0.320 e. The van der Waals surface area contributed by atoms with Crippen molar-refractivity contribution in [1.82, 2.24) is 9.80 Å². The van der Waals surface area contributed by atoms with Crippen LogP contribution < -0.4 is 5.73 Å². The van der Waals surface area contributed by atoms with E-state index in [0.717, 1.165) is 38.3 Å². The van der Waals surface area contributed by atoms with Crippen molar-refractivity contribution in [3.63, 3.8) is 0 Å². The second kappa shape index (κ2) is 7.27. The molecule has 2 rings (SSSR count). The smallest absolute Gasteiger partial charge is 0.320 e. The van der Waals surface area contributed by atoms with E-state index in [9.17, 15) is 9.18 Å². The van der Waals surface area contributed by atoms with Crippen molar-refractivity contribution in [1.29, 1.82) is 0 Å². The summed E-state index contributed by atoms with van der Waals surface area (Å²) in [5, 5.41) is 0. The molecule has 0 saturated carbocycles. The molecule has 1 heterocycles. The highest BCUT2D eigenvalue weighted by Crippen LogP contribution is 2.15. The fraction of sp³-hybridized carbons (Fsp3) is 0.588. The molecule has 1 saturated heterocycles. The van der Waals surface area contributed by atoms with Crippen molar-refractivity contribution >= 4 is 11.7 Å². The summed E-state index contributed by atoms with van der Waals surface area (Å²) < 4.78 is 18.5. The molecule has 2 N–H and O–H groups in total. The molecule has 0 aromatic heterocycles. The van der Waals surface area contributed by atoms with Gasteiger partial charge in [0.15, 0.2) is 0 Å². The molecule has 1 fully saturated rings. The van der Waals surface area contributed by atoms with E-state index in [1.165, 1.54) is 6.07 Å². The molecule has 23 heavy (non-hydrogen) atoms. The van der Waals surface area contributed by atoms with Gasteiger partial charge in [-0.3, -0.25) is 14.6 Å². The lowest BCUT2D eigenvalue weighted by molar-refractivity contribution is -0.156. The zero-order valence-electron chi connectivity index (χ0n) is 14.1. The number of rotatable bonds is 4. The Morgan fingerprint density at radius 1 is 1.22 bits per heavy atom. The van der Waals surface area contributed by atoms with Crippen LogP contribution in [-0.4, -0.2) is 54.1 Å². The van der Waals surface area contributed by atoms with Gasteiger partial charge in [-0.2, -0.15) is 0 Å². The quantitative estimate of drug-likeness (QED) is 0.677. The number of hydrogen-bond acceptors (Lipinski definition) is 5. The van der Waals surface area contributed by atoms with Crippen LogP contribution in [0, 0.1) is 5.82 Å². The first-order valence-corrected chi connectivity index (χ1v) is 7.93. The normalized spacial score (nSPS) is 17.2. The summed E-state index contributed by atoms with van der Waals surface area (Å²) in [6.07, 6.45) is 0. The Balaban J connectivity index is 1.77. The van der Waals surface area contributed by atoms with Crippen molar-refractivity contribution in [3.8, 4) is 0 Å². The summed E-state index contributed by atoms with van der Waals surface area (Å²) in [5.74, 6) is -0.562. The number of carbonyl (C=O) groups excluding carboxylic acids is 1. The first-order valence-electron chi connectivity index (χ1n) is 7.93. The molecule has 0 amide bonds. The van der Waals surface area contributed by atoms with Crippen molar-refractivity contribution in [3.05, 3.63) is 29.6 Å². The van der Waals surface area contributed by atoms with E-state index in [4.69, 9.17) is 10.5 Å². The maximum absolute atomic E-state index is 13.2. The van der Waals surface area contributed by atoms with E-state index in [1.54, 1.807) is 12.1 Å². The number of benzene rings is 1. The molecule has 0 bridgehead atoms. The number of hydrogen-bond donors (Lipinski definition) is 1. The third-order valence-electron chi connectivity index (χ3n) is 3.70. The van der Waals surface area contributed by atoms with Gasteiger partial charge >= 0.3 is 5.97 Å². The van der Waals surface area contributed by atoms with E-state index in [-0.39, 0.29) is 17.5 Å². The zero-order chi connectivity index (χ0) is 17.0. The van der Waals surface area contributed by atoms with Gasteiger partial charge in [-0.25, -0.2) is 4.39 Å². The van der Waals surface area contributed by atoms with Crippen LogP contribution in [0.25, 0.3) is 0 Å². The van der Waals surface area contributed by atoms with Crippen LogP contribution >= 0.6 is 0 Å². The number of carbonyl (C=O) groups is 1. The van der Waals surface area contributed by atoms with Crippen LogP contribution in [-0.2, 0) is 16.1 Å². The van der Waals surface area contributed by atoms with Crippen molar-refractivity contribution < 1.29 is 13.9 Å². The third kappa shape index (κ3) is 5.80. The SMILES string of the molecule is CC(C)(C)OC(=O)CN1CCN(Cc2ccc(F)c(N)c2)CC1. The lowest BCUT2D eigenvalue weighted by Crippen LogP contribution is -2.48. The van der Waals surface area contributed by atoms with Crippen molar-refractivity contribution in [2.45, 2.75) is 32.9 Å². The van der Waals surface area contributed by atoms with E-state index in [1.807, 2.05) is 20.8 Å². The first-order chi connectivity index (χ1) is 10.7. The highest BCUT2D eigenvalue weighted by atomic mass is 19.1. The van der Waals surface area contributed by atoms with Crippen LogP contribution in [0.5, 0.6) is 0 Å². The van der Waals surface area contributed by atoms with Crippen LogP contribution in [0.15, 0.2) is 18.2 Å². The fourth-order valence-electron chi connectivity index (χ4n) is 2.61. The number of anilines is 1. The predicted octanol–water partition coefficient (Wildman–Crippen LogP) is 1.87. The lowest BCUT2D eigenvalue weighted by Gasteiger charge is -2.34. The number of esters is 1. The van der Waals surface area contributed by atoms with E-state index in [0.29, 0.717) is 6.54 Å². The van der Waals surface area contributed by atoms with Gasteiger partial charge in [0.2, 0.25) is 0 Å². The zero-order valence-corrected chi connectivity index (χ0v) is 14.1. The molecule has 0 radical (unpaired) electrons. The average Bonchev–Trinajstić information content (AvgIpc) is 2.43. The Morgan fingerprint density at radius 2 is 1.83 bits per heavy atom. The van der Waals surface area contributed by atoms with E-state index in [2.05, 4.69) is 9.80 Å². The number of nitrogen functional groups attached to an aromatic ring is 1. The van der Waals surface area contributed by atoms with Crippen LogP contribution in [0.4, 0.5) is 10.1 Å². The van der Waals surface area contributed by atoms with Gasteiger partial charge < -0.3 is 10.5 Å². The summed E-state index contributed by atoms with van der Waals surface area (Å²) in [5.41, 5.74) is 6.35. The van der Waals surface area contributed by atoms with E-state index >= 15 is 0 Å². The van der Waals surface area contributed by atoms with Crippen LogP contribution in [0.1, 0.15) is 26.3 Å². The summed E-state index contributed by atoms with van der Waals surface area (Å²) >= 11 is 0. The Kier molecular flexibility index (Phi) is 5.59. The van der Waals surface area contributed by atoms with Crippen molar-refractivity contribution in [2.24, 2.45) is 0 Å². The second-order valence-corrected chi connectivity index (χ2v) is 6.99. The number of halogens is 1. The summed E-state index contributed by atoms with van der Waals surface area (Å²) in [6, 6.07) is 4.85. The number of piperazine rings is 1. The molecule has 1 aromatic carbocycles. The number of nitrogens with two attached hydrogens (primary N) is 1. The lowest BCUT2D eigenvalue weighted by atomic mass is 10.1. The standard InChI is InChI=1S/C17H26FN3O2/c1-17(2,3)23-16(22)12-21-8-6-20(7-9-21)11-13-4-5-14(18)15(19)10-13/h4-5,10H,6-9,11-12,19H2,1-3H3. The molecule has 0 aliphatic carbocycles. The minimum absolute atomic E-state index is 0.183. The molecule has 0 spiro atoms. The average molecular weight is 323 g/mol. The molecule has 6 heteroatoms. The Labute approximate surface area is 137 Å². The molecule has 1 aliphatic rings. The fourth-order valence-corrected chi connectivity index (χ4v) is 2.61. The van der Waals surface area contributed by atoms with Gasteiger partial charge in [0, 0.05) is 32.7 Å². The van der Waals surface area contributed by atoms with Crippen LogP contribution in [0.3, 0.4) is 0 Å². The van der Waals surface area contributed by atoms with Gasteiger partial charge in [0.05, 0.1) is 12.2 Å². The molecule has 5 nitrogen and oxygen atoms in total. The Hall–Kier alpha value is -1.66. The van der Waals surface area contributed by atoms with Gasteiger partial charge in [0.1, 0.15) is 11.4 Å². The summed E-state index contributed by atoms with van der Waals surface area (Å²) in [7, 11) is 0. The molecule has 0 unspecified atom stereocenters. The third-order valence-corrected chi connectivity index (χ3v) is 3.70. The molecular formula is C17H26FN3O2. The second-order valence-electron chi connectivity index (χ2n) is 6.99. The van der Waals surface area contributed by atoms with Gasteiger partial charge in [-0.05, 0) is 38.5 Å². The molecule has 1 aromatic rings. The van der Waals surface area contributed by atoms with E-state index < -0.39 is 5.60 Å². The molecule has 1 aliphatic heterocycles. The van der Waals surface area contributed by atoms with Gasteiger partial charge in [0.25, 0.3) is 0 Å². The van der Waals surface area contributed by atoms with Crippen LogP contribution in [0.2, 0.25) is 0 Å². The summed E-state index contributed by atoms with van der Waals surface area (Å²) in [4.78, 5) is 16.2.